The molecule has 23 heavy (non-hydrogen) atoms. The number of nitrogens with one attached hydrogen (secondary N) is 1. The Bertz CT molecular complexity index is 943. The Morgan fingerprint density at radius 2 is 2.00 bits per heavy atom. The monoisotopic (exact) mass is 400 g/mol. The van der Waals surface area contributed by atoms with Gasteiger partial charge in [-0.3, -0.25) is 4.57 Å². The van der Waals surface area contributed by atoms with Gasteiger partial charge in [-0.25, -0.2) is 22.7 Å². The minimum absolute atomic E-state index is 0.00593. The summed E-state index contributed by atoms with van der Waals surface area (Å²) in [6.45, 7) is 1.61. The van der Waals surface area contributed by atoms with E-state index in [0.29, 0.717) is 10.2 Å². The van der Waals surface area contributed by atoms with Gasteiger partial charge < -0.3 is 0 Å². The van der Waals surface area contributed by atoms with Gasteiger partial charge in [-0.15, -0.1) is 9.78 Å². The molecule has 1 heterocycles. The molecule has 1 aromatic heterocycles. The summed E-state index contributed by atoms with van der Waals surface area (Å²) in [4.78, 5) is 24.3. The van der Waals surface area contributed by atoms with Crippen LogP contribution < -0.4 is 10.4 Å². The molecule has 0 unspecified atom stereocenters. The van der Waals surface area contributed by atoms with Gasteiger partial charge in [-0.2, -0.15) is 0 Å². The van der Waals surface area contributed by atoms with Crippen molar-refractivity contribution in [3.05, 3.63) is 45.0 Å². The molecule has 0 radical (unpaired) electrons. The van der Waals surface area contributed by atoms with Crippen LogP contribution in [0, 0.1) is 6.92 Å². The molecule has 10 heteroatoms. The van der Waals surface area contributed by atoms with Crippen LogP contribution in [-0.2, 0) is 10.0 Å². The first kappa shape index (κ1) is 15.9. The van der Waals surface area contributed by atoms with E-state index in [1.165, 1.54) is 10.6 Å². The summed E-state index contributed by atoms with van der Waals surface area (Å²) in [5.41, 5.74) is -0.179. The van der Waals surface area contributed by atoms with Gasteiger partial charge in [0.1, 0.15) is 0 Å². The van der Waals surface area contributed by atoms with Crippen molar-refractivity contribution < 1.29 is 13.2 Å². The molecule has 1 aliphatic carbocycles. The molecular weight excluding hydrogens is 388 g/mol. The Morgan fingerprint density at radius 3 is 2.61 bits per heavy atom. The van der Waals surface area contributed by atoms with Gasteiger partial charge in [-0.1, -0.05) is 18.2 Å². The van der Waals surface area contributed by atoms with E-state index in [1.807, 2.05) is 4.72 Å². The van der Waals surface area contributed by atoms with Crippen LogP contribution in [0.25, 0.3) is 0 Å². The van der Waals surface area contributed by atoms with Crippen LogP contribution in [0.15, 0.2) is 38.7 Å². The van der Waals surface area contributed by atoms with Gasteiger partial charge in [0.25, 0.3) is 10.0 Å². The van der Waals surface area contributed by atoms with Gasteiger partial charge in [0.15, 0.2) is 0 Å². The molecule has 0 saturated heterocycles. The summed E-state index contributed by atoms with van der Waals surface area (Å²) in [6, 6.07) is 5.13. The smallest absolute Gasteiger partial charge is 0.266 e. The number of rotatable bonds is 3. The van der Waals surface area contributed by atoms with Gasteiger partial charge in [-0.05, 0) is 47.3 Å². The Kier molecular flexibility index (Phi) is 3.88. The first-order chi connectivity index (χ1) is 10.8. The molecule has 0 atom stereocenters. The zero-order chi connectivity index (χ0) is 16.8. The van der Waals surface area contributed by atoms with Crippen molar-refractivity contribution in [1.82, 2.24) is 19.1 Å². The largest absolute Gasteiger partial charge is 0.360 e. The second-order valence-corrected chi connectivity index (χ2v) is 7.60. The summed E-state index contributed by atoms with van der Waals surface area (Å²) in [6.07, 6.45) is 1.65. The molecule has 3 rings (SSSR count). The average molecular weight is 401 g/mol. The third-order valence-corrected chi connectivity index (χ3v) is 5.50. The molecule has 0 aliphatic heterocycles. The zero-order valence-corrected chi connectivity index (χ0v) is 14.5. The fourth-order valence-corrected chi connectivity index (χ4v) is 3.97. The molecular formula is C13H13BrN4O4S. The van der Waals surface area contributed by atoms with Gasteiger partial charge in [0, 0.05) is 6.04 Å². The third kappa shape index (κ3) is 2.95. The van der Waals surface area contributed by atoms with Crippen molar-refractivity contribution >= 4 is 32.0 Å². The maximum Gasteiger partial charge on any atom is 0.360 e. The number of amides is 1. The average Bonchev–Trinajstić information content (AvgIpc) is 3.24. The summed E-state index contributed by atoms with van der Waals surface area (Å²) in [7, 11) is -4.09. The summed E-state index contributed by atoms with van der Waals surface area (Å²) in [5, 5.41) is 3.78. The Balaban J connectivity index is 1.92. The minimum Gasteiger partial charge on any atom is -0.266 e. The highest BCUT2D eigenvalue weighted by atomic mass is 79.9. The van der Waals surface area contributed by atoms with Crippen LogP contribution in [0.5, 0.6) is 0 Å². The number of sulfonamides is 1. The van der Waals surface area contributed by atoms with Crippen molar-refractivity contribution in [1.29, 1.82) is 0 Å². The lowest BCUT2D eigenvalue weighted by molar-refractivity contribution is 0.243. The topological polar surface area (TPSA) is 103 Å². The number of hydrogen-bond acceptors (Lipinski definition) is 5. The van der Waals surface area contributed by atoms with E-state index in [9.17, 15) is 18.0 Å². The van der Waals surface area contributed by atoms with E-state index in [-0.39, 0.29) is 15.7 Å². The highest BCUT2D eigenvalue weighted by Gasteiger charge is 2.31. The van der Waals surface area contributed by atoms with Gasteiger partial charge in [0.2, 0.25) is 4.73 Å². The highest BCUT2D eigenvalue weighted by Crippen LogP contribution is 2.35. The fourth-order valence-electron chi connectivity index (χ4n) is 2.20. The summed E-state index contributed by atoms with van der Waals surface area (Å²) in [5.74, 6) is 0. The molecule has 0 spiro atoms. The van der Waals surface area contributed by atoms with Crippen LogP contribution in [0.2, 0.25) is 0 Å². The van der Waals surface area contributed by atoms with Crippen molar-refractivity contribution in [2.75, 3.05) is 0 Å². The second-order valence-electron chi connectivity index (χ2n) is 5.24. The maximum absolute atomic E-state index is 12.3. The fraction of sp³-hybridized carbons (Fsp3) is 0.308. The molecule has 1 amide bonds. The molecule has 1 saturated carbocycles. The van der Waals surface area contributed by atoms with Crippen LogP contribution >= 0.6 is 15.9 Å². The number of benzene rings is 1. The quantitative estimate of drug-likeness (QED) is 0.838. The number of nitrogens with zero attached hydrogens (tertiary/aromatic N) is 3. The molecule has 1 N–H and O–H groups in total. The first-order valence-corrected chi connectivity index (χ1v) is 9.09. The molecule has 1 aliphatic rings. The summed E-state index contributed by atoms with van der Waals surface area (Å²) < 4.78 is 28.5. The standard InChI is InChI=1S/C13H13BrN4O4S/c1-8-4-2-3-5-10(8)23(21,22)16-12(19)18-13(20)17(9-6-7-9)11(14)15-18/h2-5,9H,6-7H2,1H3,(H,16,19). The predicted octanol–water partition coefficient (Wildman–Crippen LogP) is 1.40. The van der Waals surface area contributed by atoms with E-state index in [0.717, 1.165) is 12.8 Å². The van der Waals surface area contributed by atoms with Crippen LogP contribution in [0.1, 0.15) is 24.4 Å². The number of carbonyl (C=O) groups excluding carboxylic acids is 1. The predicted molar refractivity (Wildman–Crippen MR) is 84.8 cm³/mol. The SMILES string of the molecule is Cc1ccccc1S(=O)(=O)NC(=O)n1nc(Br)n(C2CC2)c1=O. The Hall–Kier alpha value is -1.94. The normalized spacial score (nSPS) is 14.7. The minimum atomic E-state index is -4.09. The number of carbonyl (C=O) groups is 1. The molecule has 0 bridgehead atoms. The van der Waals surface area contributed by atoms with Crippen molar-refractivity contribution in [3.8, 4) is 0 Å². The summed E-state index contributed by atoms with van der Waals surface area (Å²) >= 11 is 3.11. The molecule has 8 nitrogen and oxygen atoms in total. The molecule has 1 fully saturated rings. The van der Waals surface area contributed by atoms with Crippen LogP contribution in [0.3, 0.4) is 0 Å². The van der Waals surface area contributed by atoms with Gasteiger partial charge in [0.05, 0.1) is 4.90 Å². The molecule has 1 aromatic carbocycles. The first-order valence-electron chi connectivity index (χ1n) is 6.81. The van der Waals surface area contributed by atoms with E-state index < -0.39 is 21.7 Å². The lowest BCUT2D eigenvalue weighted by atomic mass is 10.2. The third-order valence-electron chi connectivity index (χ3n) is 3.48. The Labute approximate surface area is 140 Å². The Morgan fingerprint density at radius 1 is 1.35 bits per heavy atom. The van der Waals surface area contributed by atoms with Crippen molar-refractivity contribution in [2.45, 2.75) is 30.7 Å². The molecule has 2 aromatic rings. The number of aromatic nitrogens is 3. The lowest BCUT2D eigenvalue weighted by Crippen LogP contribution is -2.40. The zero-order valence-electron chi connectivity index (χ0n) is 12.1. The number of aryl methyl sites for hydroxylation is 1. The van der Waals surface area contributed by atoms with E-state index in [4.69, 9.17) is 0 Å². The van der Waals surface area contributed by atoms with Crippen LogP contribution in [0.4, 0.5) is 4.79 Å². The van der Waals surface area contributed by atoms with E-state index in [1.54, 1.807) is 25.1 Å². The highest BCUT2D eigenvalue weighted by molar-refractivity contribution is 9.10. The van der Waals surface area contributed by atoms with Crippen LogP contribution in [-0.4, -0.2) is 28.8 Å². The van der Waals surface area contributed by atoms with Gasteiger partial charge >= 0.3 is 11.7 Å². The lowest BCUT2D eigenvalue weighted by Gasteiger charge is -2.08. The second kappa shape index (κ2) is 5.60. The maximum atomic E-state index is 12.3. The number of hydrogen-bond donors (Lipinski definition) is 1. The van der Waals surface area contributed by atoms with E-state index in [2.05, 4.69) is 21.0 Å². The number of halogens is 1. The van der Waals surface area contributed by atoms with Crippen molar-refractivity contribution in [3.63, 3.8) is 0 Å². The van der Waals surface area contributed by atoms with Crippen molar-refractivity contribution in [2.24, 2.45) is 0 Å². The molecule has 122 valence electrons. The van der Waals surface area contributed by atoms with E-state index >= 15 is 0 Å².